The van der Waals surface area contributed by atoms with Crippen LogP contribution in [0.25, 0.3) is 10.1 Å². The molecule has 2 heterocycles. The van der Waals surface area contributed by atoms with Gasteiger partial charge in [-0.15, -0.1) is 11.3 Å². The van der Waals surface area contributed by atoms with E-state index in [1.165, 1.54) is 11.3 Å². The third-order valence-electron chi connectivity index (χ3n) is 4.48. The number of rotatable bonds is 3. The van der Waals surface area contributed by atoms with Gasteiger partial charge in [0.1, 0.15) is 0 Å². The Morgan fingerprint density at radius 1 is 1.00 bits per heavy atom. The Kier molecular flexibility index (Phi) is 4.66. The van der Waals surface area contributed by atoms with Crippen LogP contribution in [-0.4, -0.2) is 29.8 Å². The van der Waals surface area contributed by atoms with Gasteiger partial charge >= 0.3 is 0 Å². The molecule has 4 rings (SSSR count). The molecule has 0 bridgehead atoms. The van der Waals surface area contributed by atoms with Gasteiger partial charge in [-0.05, 0) is 66.8 Å². The molecule has 0 unspecified atom stereocenters. The van der Waals surface area contributed by atoms with E-state index >= 15 is 0 Å². The first kappa shape index (κ1) is 17.1. The van der Waals surface area contributed by atoms with E-state index in [0.717, 1.165) is 40.9 Å². The lowest BCUT2D eigenvalue weighted by Crippen LogP contribution is -2.26. The summed E-state index contributed by atoms with van der Waals surface area (Å²) in [6, 6.07) is 14.4. The Labute approximate surface area is 160 Å². The van der Waals surface area contributed by atoms with E-state index in [1.54, 1.807) is 24.3 Å². The molecule has 0 spiro atoms. The van der Waals surface area contributed by atoms with Crippen LogP contribution in [0.2, 0.25) is 5.02 Å². The summed E-state index contributed by atoms with van der Waals surface area (Å²) in [5.41, 5.74) is 1.25. The summed E-state index contributed by atoms with van der Waals surface area (Å²) in [6.45, 7) is 1.69. The summed E-state index contributed by atoms with van der Waals surface area (Å²) in [6.07, 6.45) is 2.16. The molecule has 0 radical (unpaired) electrons. The van der Waals surface area contributed by atoms with Crippen LogP contribution in [0.1, 0.15) is 32.9 Å². The maximum absolute atomic E-state index is 12.5. The van der Waals surface area contributed by atoms with Crippen molar-refractivity contribution in [1.82, 2.24) is 4.90 Å². The van der Waals surface area contributed by atoms with Crippen LogP contribution < -0.4 is 5.32 Å². The molecule has 0 aliphatic carbocycles. The quantitative estimate of drug-likeness (QED) is 0.687. The number of carbonyl (C=O) groups is 2. The van der Waals surface area contributed by atoms with Gasteiger partial charge in [0.05, 0.1) is 4.88 Å². The number of halogens is 1. The molecule has 1 aromatic heterocycles. The predicted molar refractivity (Wildman–Crippen MR) is 106 cm³/mol. The lowest BCUT2D eigenvalue weighted by atomic mass is 10.2. The zero-order chi connectivity index (χ0) is 18.1. The van der Waals surface area contributed by atoms with E-state index in [-0.39, 0.29) is 11.8 Å². The number of anilines is 1. The van der Waals surface area contributed by atoms with Crippen LogP contribution in [0.3, 0.4) is 0 Å². The molecule has 2 amide bonds. The monoisotopic (exact) mass is 384 g/mol. The van der Waals surface area contributed by atoms with Crippen molar-refractivity contribution in [2.75, 3.05) is 18.4 Å². The fourth-order valence-corrected chi connectivity index (χ4v) is 4.24. The summed E-state index contributed by atoms with van der Waals surface area (Å²) < 4.78 is 1.04. The Balaban J connectivity index is 1.54. The molecule has 1 fully saturated rings. The SMILES string of the molecule is O=C(Nc1ccc2sc(C(=O)N3CCCC3)cc2c1)c1ccc(Cl)cc1. The number of hydrogen-bond acceptors (Lipinski definition) is 3. The van der Waals surface area contributed by atoms with Gasteiger partial charge < -0.3 is 10.2 Å². The molecule has 0 saturated carbocycles. The number of benzene rings is 2. The van der Waals surface area contributed by atoms with Crippen molar-refractivity contribution in [3.05, 3.63) is 64.0 Å². The molecule has 3 aromatic rings. The molecule has 1 aliphatic rings. The summed E-state index contributed by atoms with van der Waals surface area (Å²) in [7, 11) is 0. The molecule has 6 heteroatoms. The minimum absolute atomic E-state index is 0.107. The van der Waals surface area contributed by atoms with Crippen LogP contribution in [0.4, 0.5) is 5.69 Å². The summed E-state index contributed by atoms with van der Waals surface area (Å²) in [5.74, 6) is -0.0833. The zero-order valence-electron chi connectivity index (χ0n) is 14.0. The van der Waals surface area contributed by atoms with Crippen molar-refractivity contribution in [3.63, 3.8) is 0 Å². The third kappa shape index (κ3) is 3.45. The van der Waals surface area contributed by atoms with Crippen molar-refractivity contribution in [1.29, 1.82) is 0 Å². The molecule has 26 heavy (non-hydrogen) atoms. The second-order valence-electron chi connectivity index (χ2n) is 6.32. The Morgan fingerprint density at radius 2 is 1.73 bits per heavy atom. The van der Waals surface area contributed by atoms with E-state index < -0.39 is 0 Å². The number of nitrogens with zero attached hydrogens (tertiary/aromatic N) is 1. The first-order chi connectivity index (χ1) is 12.6. The first-order valence-electron chi connectivity index (χ1n) is 8.50. The van der Waals surface area contributed by atoms with Gasteiger partial charge in [-0.2, -0.15) is 0 Å². The molecule has 0 atom stereocenters. The Hall–Kier alpha value is -2.37. The Morgan fingerprint density at radius 3 is 2.46 bits per heavy atom. The van der Waals surface area contributed by atoms with Crippen molar-refractivity contribution in [3.8, 4) is 0 Å². The molecule has 1 saturated heterocycles. The van der Waals surface area contributed by atoms with Crippen LogP contribution in [0.15, 0.2) is 48.5 Å². The number of carbonyl (C=O) groups excluding carboxylic acids is 2. The van der Waals surface area contributed by atoms with Crippen LogP contribution in [0, 0.1) is 0 Å². The largest absolute Gasteiger partial charge is 0.338 e. The second kappa shape index (κ2) is 7.09. The molecule has 132 valence electrons. The smallest absolute Gasteiger partial charge is 0.263 e. The predicted octanol–water partition coefficient (Wildman–Crippen LogP) is 5.04. The number of likely N-dealkylation sites (tertiary alicyclic amines) is 1. The number of nitrogens with one attached hydrogen (secondary N) is 1. The molecule has 1 N–H and O–H groups in total. The topological polar surface area (TPSA) is 49.4 Å². The van der Waals surface area contributed by atoms with Crippen LogP contribution >= 0.6 is 22.9 Å². The maximum Gasteiger partial charge on any atom is 0.263 e. The minimum Gasteiger partial charge on any atom is -0.338 e. The molecular formula is C20H17ClN2O2S. The van der Waals surface area contributed by atoms with Crippen LogP contribution in [0.5, 0.6) is 0 Å². The molecule has 4 nitrogen and oxygen atoms in total. The highest BCUT2D eigenvalue weighted by molar-refractivity contribution is 7.20. The van der Waals surface area contributed by atoms with Gasteiger partial charge in [0.15, 0.2) is 0 Å². The van der Waals surface area contributed by atoms with E-state index in [1.807, 2.05) is 29.2 Å². The average Bonchev–Trinajstić information content (AvgIpc) is 3.31. The van der Waals surface area contributed by atoms with Crippen molar-refractivity contribution >= 4 is 50.5 Å². The van der Waals surface area contributed by atoms with Gasteiger partial charge in [0, 0.05) is 34.1 Å². The number of hydrogen-bond donors (Lipinski definition) is 1. The highest BCUT2D eigenvalue weighted by Gasteiger charge is 2.21. The van der Waals surface area contributed by atoms with E-state index in [0.29, 0.717) is 16.3 Å². The maximum atomic E-state index is 12.5. The number of fused-ring (bicyclic) bond motifs is 1. The summed E-state index contributed by atoms with van der Waals surface area (Å²) in [5, 5.41) is 4.45. The summed E-state index contributed by atoms with van der Waals surface area (Å²) >= 11 is 7.35. The van der Waals surface area contributed by atoms with Gasteiger partial charge in [-0.1, -0.05) is 11.6 Å². The van der Waals surface area contributed by atoms with E-state index in [2.05, 4.69) is 5.32 Å². The minimum atomic E-state index is -0.190. The van der Waals surface area contributed by atoms with Crippen molar-refractivity contribution in [2.24, 2.45) is 0 Å². The average molecular weight is 385 g/mol. The van der Waals surface area contributed by atoms with Gasteiger partial charge in [0.25, 0.3) is 11.8 Å². The number of thiophene rings is 1. The van der Waals surface area contributed by atoms with E-state index in [9.17, 15) is 9.59 Å². The Bertz CT molecular complexity index is 975. The fourth-order valence-electron chi connectivity index (χ4n) is 3.11. The highest BCUT2D eigenvalue weighted by atomic mass is 35.5. The lowest BCUT2D eigenvalue weighted by molar-refractivity contribution is 0.0797. The molecule has 1 aliphatic heterocycles. The van der Waals surface area contributed by atoms with Crippen molar-refractivity contribution < 1.29 is 9.59 Å². The van der Waals surface area contributed by atoms with E-state index in [4.69, 9.17) is 11.6 Å². The fraction of sp³-hybridized carbons (Fsp3) is 0.200. The second-order valence-corrected chi connectivity index (χ2v) is 7.84. The molecule has 2 aromatic carbocycles. The highest BCUT2D eigenvalue weighted by Crippen LogP contribution is 2.30. The van der Waals surface area contributed by atoms with Gasteiger partial charge in [0.2, 0.25) is 0 Å². The number of amides is 2. The third-order valence-corrected chi connectivity index (χ3v) is 5.84. The lowest BCUT2D eigenvalue weighted by Gasteiger charge is -2.13. The molecular weight excluding hydrogens is 368 g/mol. The zero-order valence-corrected chi connectivity index (χ0v) is 15.6. The summed E-state index contributed by atoms with van der Waals surface area (Å²) in [4.78, 5) is 27.5. The van der Waals surface area contributed by atoms with Crippen LogP contribution in [-0.2, 0) is 0 Å². The first-order valence-corrected chi connectivity index (χ1v) is 9.69. The van der Waals surface area contributed by atoms with Gasteiger partial charge in [-0.3, -0.25) is 9.59 Å². The standard InChI is InChI=1S/C20H17ClN2O2S/c21-15-5-3-13(4-6-15)19(24)22-16-7-8-17-14(11-16)12-18(26-17)20(25)23-9-1-2-10-23/h3-8,11-12H,1-2,9-10H2,(H,22,24). The normalized spacial score (nSPS) is 14.0. The van der Waals surface area contributed by atoms with Crippen molar-refractivity contribution in [2.45, 2.75) is 12.8 Å². The van der Waals surface area contributed by atoms with Gasteiger partial charge in [-0.25, -0.2) is 0 Å².